The van der Waals surface area contributed by atoms with Gasteiger partial charge in [0.05, 0.1) is 24.9 Å². The first-order chi connectivity index (χ1) is 14.8. The summed E-state index contributed by atoms with van der Waals surface area (Å²) in [5.41, 5.74) is 2.41. The number of carbonyl (C=O) groups excluding carboxylic acids is 1. The van der Waals surface area contributed by atoms with Gasteiger partial charge < -0.3 is 5.32 Å². The van der Waals surface area contributed by atoms with E-state index < -0.39 is 15.9 Å². The van der Waals surface area contributed by atoms with E-state index in [1.165, 1.54) is 37.9 Å². The summed E-state index contributed by atoms with van der Waals surface area (Å²) in [4.78, 5) is 17.3. The van der Waals surface area contributed by atoms with Crippen molar-refractivity contribution in [3.05, 3.63) is 76.4 Å². The van der Waals surface area contributed by atoms with Crippen LogP contribution in [-0.4, -0.2) is 42.7 Å². The molecule has 0 saturated carbocycles. The maximum atomic E-state index is 12.8. The lowest BCUT2D eigenvalue weighted by Crippen LogP contribution is -2.26. The molecular weight excluding hydrogens is 440 g/mol. The molecule has 1 amide bonds. The molecule has 0 aliphatic rings. The highest BCUT2D eigenvalue weighted by atomic mass is 35.5. The molecule has 0 aliphatic carbocycles. The first kappa shape index (κ1) is 23.0. The van der Waals surface area contributed by atoms with Crippen molar-refractivity contribution < 1.29 is 18.0 Å². The highest BCUT2D eigenvalue weighted by Crippen LogP contribution is 2.26. The Morgan fingerprint density at radius 2 is 1.84 bits per heavy atom. The first-order valence-corrected chi connectivity index (χ1v) is 11.3. The Morgan fingerprint density at radius 1 is 1.16 bits per heavy atom. The molecule has 0 fully saturated rings. The van der Waals surface area contributed by atoms with Crippen molar-refractivity contribution in [2.45, 2.75) is 24.8 Å². The molecule has 10 heteroatoms. The number of carbonyl (C=O) groups is 1. The van der Waals surface area contributed by atoms with Crippen LogP contribution < -0.4 is 5.32 Å². The molecule has 0 saturated heterocycles. The number of hydrogen-bond acceptors (Lipinski definition) is 5. The zero-order valence-electron chi connectivity index (χ0n) is 17.4. The second-order valence-corrected chi connectivity index (χ2v) is 9.05. The molecule has 2 aromatic carbocycles. The number of nitrogens with zero attached hydrogens (tertiary/aromatic N) is 3. The van der Waals surface area contributed by atoms with Crippen molar-refractivity contribution in [2.75, 3.05) is 19.5 Å². The number of halogens is 1. The van der Waals surface area contributed by atoms with Gasteiger partial charge in [-0.1, -0.05) is 47.3 Å². The zero-order chi connectivity index (χ0) is 22.6. The topological polar surface area (TPSA) is 93.5 Å². The van der Waals surface area contributed by atoms with Crippen molar-refractivity contribution in [2.24, 2.45) is 0 Å². The Kier molecular flexibility index (Phi) is 7.11. The lowest BCUT2D eigenvalue weighted by atomic mass is 10.1. The minimum atomic E-state index is -4.01. The number of amides is 1. The molecule has 1 heterocycles. The number of rotatable bonds is 8. The van der Waals surface area contributed by atoms with Crippen LogP contribution in [0.3, 0.4) is 0 Å². The third kappa shape index (κ3) is 5.13. The van der Waals surface area contributed by atoms with Gasteiger partial charge in [-0.3, -0.25) is 9.63 Å². The standard InChI is InChI=1S/C21H23ClN4O4S/c1-4-15-5-7-16(8-6-15)14-26-20(11-12-23-26)24-21(27)17-9-10-18(22)19(13-17)31(28,29)25(2)30-3/h5-13H,4,14H2,1-3H3,(H,24,27). The number of benzene rings is 2. The van der Waals surface area contributed by atoms with Gasteiger partial charge in [-0.15, -0.1) is 0 Å². The molecule has 31 heavy (non-hydrogen) atoms. The Balaban J connectivity index is 1.81. The molecular formula is C21H23ClN4O4S. The number of hydrogen-bond donors (Lipinski definition) is 1. The summed E-state index contributed by atoms with van der Waals surface area (Å²) in [5, 5.41) is 7.02. The van der Waals surface area contributed by atoms with E-state index in [2.05, 4.69) is 29.5 Å². The summed E-state index contributed by atoms with van der Waals surface area (Å²) in [6, 6.07) is 13.9. The minimum absolute atomic E-state index is 0.0129. The summed E-state index contributed by atoms with van der Waals surface area (Å²) in [5.74, 6) is -0.00537. The number of anilines is 1. The van der Waals surface area contributed by atoms with Gasteiger partial charge in [0.2, 0.25) is 0 Å². The van der Waals surface area contributed by atoms with E-state index >= 15 is 0 Å². The molecule has 0 bridgehead atoms. The maximum absolute atomic E-state index is 12.8. The fourth-order valence-corrected chi connectivity index (χ4v) is 4.36. The summed E-state index contributed by atoms with van der Waals surface area (Å²) < 4.78 is 27.4. The second-order valence-electron chi connectivity index (χ2n) is 6.74. The molecule has 0 spiro atoms. The minimum Gasteiger partial charge on any atom is -0.307 e. The van der Waals surface area contributed by atoms with E-state index in [0.717, 1.165) is 12.0 Å². The number of hydroxylamine groups is 1. The van der Waals surface area contributed by atoms with Gasteiger partial charge in [0.15, 0.2) is 0 Å². The smallest absolute Gasteiger partial charge is 0.266 e. The zero-order valence-corrected chi connectivity index (χ0v) is 18.9. The van der Waals surface area contributed by atoms with E-state index in [1.54, 1.807) is 16.9 Å². The second kappa shape index (κ2) is 9.61. The van der Waals surface area contributed by atoms with E-state index in [0.29, 0.717) is 16.8 Å². The number of aromatic nitrogens is 2. The molecule has 3 rings (SSSR count). The van der Waals surface area contributed by atoms with Crippen LogP contribution in [0, 0.1) is 0 Å². The Bertz CT molecular complexity index is 1180. The molecule has 164 valence electrons. The average molecular weight is 463 g/mol. The maximum Gasteiger partial charge on any atom is 0.266 e. The van der Waals surface area contributed by atoms with Gasteiger partial charge in [0.25, 0.3) is 15.9 Å². The van der Waals surface area contributed by atoms with Crippen LogP contribution in [0.25, 0.3) is 0 Å². The van der Waals surface area contributed by atoms with Crippen LogP contribution in [0.2, 0.25) is 5.02 Å². The SMILES string of the molecule is CCc1ccc(Cn2nccc2NC(=O)c2ccc(Cl)c(S(=O)(=O)N(C)OC)c2)cc1. The van der Waals surface area contributed by atoms with Gasteiger partial charge in [-0.2, -0.15) is 5.10 Å². The molecule has 3 aromatic rings. The van der Waals surface area contributed by atoms with E-state index in [-0.39, 0.29) is 15.5 Å². The molecule has 8 nitrogen and oxygen atoms in total. The molecule has 0 atom stereocenters. The molecule has 0 unspecified atom stereocenters. The molecule has 1 N–H and O–H groups in total. The Labute approximate surface area is 186 Å². The quantitative estimate of drug-likeness (QED) is 0.516. The third-order valence-electron chi connectivity index (χ3n) is 4.79. The van der Waals surface area contributed by atoms with Crippen molar-refractivity contribution >= 4 is 33.3 Å². The average Bonchev–Trinajstić information content (AvgIpc) is 3.20. The fourth-order valence-electron chi connectivity index (χ4n) is 2.89. The van der Waals surface area contributed by atoms with Crippen molar-refractivity contribution in [1.29, 1.82) is 0 Å². The van der Waals surface area contributed by atoms with Crippen LogP contribution in [0.1, 0.15) is 28.4 Å². The van der Waals surface area contributed by atoms with Gasteiger partial charge >= 0.3 is 0 Å². The molecule has 1 aromatic heterocycles. The number of nitrogens with one attached hydrogen (secondary N) is 1. The van der Waals surface area contributed by atoms with Crippen molar-refractivity contribution in [3.8, 4) is 0 Å². The fraction of sp³-hybridized carbons (Fsp3) is 0.238. The highest BCUT2D eigenvalue weighted by Gasteiger charge is 2.25. The lowest BCUT2D eigenvalue weighted by molar-refractivity contribution is -0.0258. The van der Waals surface area contributed by atoms with Gasteiger partial charge in [0, 0.05) is 18.7 Å². The monoisotopic (exact) mass is 462 g/mol. The van der Waals surface area contributed by atoms with E-state index in [1.807, 2.05) is 12.1 Å². The summed E-state index contributed by atoms with van der Waals surface area (Å²) in [6.45, 7) is 2.57. The summed E-state index contributed by atoms with van der Waals surface area (Å²) in [6.07, 6.45) is 2.55. The van der Waals surface area contributed by atoms with Crippen LogP contribution >= 0.6 is 11.6 Å². The highest BCUT2D eigenvalue weighted by molar-refractivity contribution is 7.89. The Morgan fingerprint density at radius 3 is 2.48 bits per heavy atom. The van der Waals surface area contributed by atoms with Crippen LogP contribution in [0.5, 0.6) is 0 Å². The third-order valence-corrected chi connectivity index (χ3v) is 6.95. The van der Waals surface area contributed by atoms with Gasteiger partial charge in [0.1, 0.15) is 10.7 Å². The predicted octanol–water partition coefficient (Wildman–Crippen LogP) is 3.58. The van der Waals surface area contributed by atoms with Gasteiger partial charge in [-0.25, -0.2) is 13.1 Å². The first-order valence-electron chi connectivity index (χ1n) is 9.49. The molecule has 0 aliphatic heterocycles. The van der Waals surface area contributed by atoms with E-state index in [4.69, 9.17) is 16.4 Å². The molecule has 0 radical (unpaired) electrons. The largest absolute Gasteiger partial charge is 0.307 e. The lowest BCUT2D eigenvalue weighted by Gasteiger charge is -2.16. The van der Waals surface area contributed by atoms with Crippen LogP contribution in [0.4, 0.5) is 5.82 Å². The van der Waals surface area contributed by atoms with Crippen molar-refractivity contribution in [3.63, 3.8) is 0 Å². The van der Waals surface area contributed by atoms with Crippen LogP contribution in [-0.2, 0) is 27.8 Å². The summed E-state index contributed by atoms with van der Waals surface area (Å²) in [7, 11) is -1.55. The number of sulfonamides is 1. The Hall–Kier alpha value is -2.72. The summed E-state index contributed by atoms with van der Waals surface area (Å²) >= 11 is 6.06. The predicted molar refractivity (Wildman–Crippen MR) is 119 cm³/mol. The number of aryl methyl sites for hydroxylation is 1. The van der Waals surface area contributed by atoms with Crippen molar-refractivity contribution in [1.82, 2.24) is 14.2 Å². The van der Waals surface area contributed by atoms with E-state index in [9.17, 15) is 13.2 Å². The van der Waals surface area contributed by atoms with Crippen LogP contribution in [0.15, 0.2) is 59.6 Å². The van der Waals surface area contributed by atoms with Gasteiger partial charge in [-0.05, 0) is 35.7 Å². The normalized spacial score (nSPS) is 11.6.